The summed E-state index contributed by atoms with van der Waals surface area (Å²) in [7, 11) is 0. The molecule has 0 aliphatic carbocycles. The zero-order chi connectivity index (χ0) is 11.1. The second-order valence-corrected chi connectivity index (χ2v) is 4.83. The first-order valence-corrected chi connectivity index (χ1v) is 5.34. The average molecular weight is 220 g/mol. The van der Waals surface area contributed by atoms with Crippen LogP contribution in [0.2, 0.25) is 5.02 Å². The summed E-state index contributed by atoms with van der Waals surface area (Å²) in [6.45, 7) is 4.02. The van der Waals surface area contributed by atoms with E-state index in [9.17, 15) is 0 Å². The number of halogens is 1. The standard InChI is InChI=1S/C13H14ClN/c1-13(2,15)12-5-3-4-9-8-10(14)6-7-11(9)12/h3-8H,15H2,1-2H3. The van der Waals surface area contributed by atoms with E-state index >= 15 is 0 Å². The predicted molar refractivity (Wildman–Crippen MR) is 66.2 cm³/mol. The Labute approximate surface area is 94.9 Å². The van der Waals surface area contributed by atoms with Crippen LogP contribution < -0.4 is 5.73 Å². The molecular weight excluding hydrogens is 206 g/mol. The molecule has 0 saturated carbocycles. The molecule has 2 aromatic rings. The van der Waals surface area contributed by atoms with Gasteiger partial charge in [-0.15, -0.1) is 0 Å². The zero-order valence-corrected chi connectivity index (χ0v) is 9.68. The summed E-state index contributed by atoms with van der Waals surface area (Å²) < 4.78 is 0. The maximum atomic E-state index is 6.13. The van der Waals surface area contributed by atoms with Crippen molar-refractivity contribution < 1.29 is 0 Å². The van der Waals surface area contributed by atoms with Gasteiger partial charge in [0, 0.05) is 10.6 Å². The first-order chi connectivity index (χ1) is 6.98. The molecule has 0 aromatic heterocycles. The van der Waals surface area contributed by atoms with E-state index in [1.165, 1.54) is 5.39 Å². The molecular formula is C13H14ClN. The van der Waals surface area contributed by atoms with Gasteiger partial charge in [-0.3, -0.25) is 0 Å². The minimum atomic E-state index is -0.326. The molecule has 0 spiro atoms. The molecule has 0 radical (unpaired) electrons. The van der Waals surface area contributed by atoms with Gasteiger partial charge in [-0.2, -0.15) is 0 Å². The quantitative estimate of drug-likeness (QED) is 0.778. The smallest absolute Gasteiger partial charge is 0.0412 e. The minimum absolute atomic E-state index is 0.326. The number of hydrogen-bond donors (Lipinski definition) is 1. The molecule has 1 nitrogen and oxygen atoms in total. The number of fused-ring (bicyclic) bond motifs is 1. The maximum Gasteiger partial charge on any atom is 0.0412 e. The summed E-state index contributed by atoms with van der Waals surface area (Å²) in [4.78, 5) is 0. The van der Waals surface area contributed by atoms with E-state index in [-0.39, 0.29) is 5.54 Å². The predicted octanol–water partition coefficient (Wildman–Crippen LogP) is 3.69. The molecule has 0 bridgehead atoms. The Morgan fingerprint density at radius 1 is 1.13 bits per heavy atom. The van der Waals surface area contributed by atoms with Gasteiger partial charge in [0.25, 0.3) is 0 Å². The summed E-state index contributed by atoms with van der Waals surface area (Å²) in [5, 5.41) is 3.07. The molecule has 2 N–H and O–H groups in total. The molecule has 0 atom stereocenters. The van der Waals surface area contributed by atoms with Crippen LogP contribution in [0.1, 0.15) is 19.4 Å². The van der Waals surface area contributed by atoms with E-state index in [1.807, 2.05) is 38.1 Å². The van der Waals surface area contributed by atoms with Crippen LogP contribution in [0.25, 0.3) is 10.8 Å². The highest BCUT2D eigenvalue weighted by molar-refractivity contribution is 6.31. The van der Waals surface area contributed by atoms with Crippen molar-refractivity contribution >= 4 is 22.4 Å². The second-order valence-electron chi connectivity index (χ2n) is 4.39. The van der Waals surface area contributed by atoms with Crippen molar-refractivity contribution in [1.82, 2.24) is 0 Å². The van der Waals surface area contributed by atoms with E-state index in [0.29, 0.717) is 0 Å². The lowest BCUT2D eigenvalue weighted by atomic mass is 9.90. The van der Waals surface area contributed by atoms with Gasteiger partial charge >= 0.3 is 0 Å². The molecule has 0 unspecified atom stereocenters. The fourth-order valence-electron chi connectivity index (χ4n) is 1.82. The lowest BCUT2D eigenvalue weighted by Gasteiger charge is -2.21. The van der Waals surface area contributed by atoms with E-state index in [4.69, 9.17) is 17.3 Å². The molecule has 0 aliphatic rings. The van der Waals surface area contributed by atoms with Crippen LogP contribution in [-0.2, 0) is 5.54 Å². The van der Waals surface area contributed by atoms with Gasteiger partial charge in [0.2, 0.25) is 0 Å². The number of hydrogen-bond acceptors (Lipinski definition) is 1. The first-order valence-electron chi connectivity index (χ1n) is 4.96. The van der Waals surface area contributed by atoms with Crippen LogP contribution in [0.5, 0.6) is 0 Å². The molecule has 0 saturated heterocycles. The normalized spacial score (nSPS) is 12.0. The van der Waals surface area contributed by atoms with Crippen molar-refractivity contribution in [1.29, 1.82) is 0 Å². The second kappa shape index (κ2) is 3.51. The van der Waals surface area contributed by atoms with Crippen molar-refractivity contribution in [3.05, 3.63) is 47.0 Å². The average Bonchev–Trinajstić information content (AvgIpc) is 2.15. The fourth-order valence-corrected chi connectivity index (χ4v) is 2.00. The Bertz CT molecular complexity index is 497. The first kappa shape index (κ1) is 10.5. The largest absolute Gasteiger partial charge is 0.322 e. The maximum absolute atomic E-state index is 6.13. The Balaban J connectivity index is 2.77. The van der Waals surface area contributed by atoms with Gasteiger partial charge in [-0.1, -0.05) is 35.9 Å². The van der Waals surface area contributed by atoms with Crippen LogP contribution in [0.4, 0.5) is 0 Å². The Morgan fingerprint density at radius 3 is 2.53 bits per heavy atom. The topological polar surface area (TPSA) is 26.0 Å². The van der Waals surface area contributed by atoms with Crippen LogP contribution in [0.15, 0.2) is 36.4 Å². The third kappa shape index (κ3) is 1.99. The van der Waals surface area contributed by atoms with Gasteiger partial charge < -0.3 is 5.73 Å². The van der Waals surface area contributed by atoms with Crippen LogP contribution in [-0.4, -0.2) is 0 Å². The number of benzene rings is 2. The fraction of sp³-hybridized carbons (Fsp3) is 0.231. The van der Waals surface area contributed by atoms with Crippen molar-refractivity contribution in [2.45, 2.75) is 19.4 Å². The van der Waals surface area contributed by atoms with Crippen molar-refractivity contribution in [3.8, 4) is 0 Å². The summed E-state index contributed by atoms with van der Waals surface area (Å²) in [6.07, 6.45) is 0. The van der Waals surface area contributed by atoms with Crippen LogP contribution in [0, 0.1) is 0 Å². The highest BCUT2D eigenvalue weighted by Crippen LogP contribution is 2.28. The monoisotopic (exact) mass is 219 g/mol. The number of nitrogens with two attached hydrogens (primary N) is 1. The highest BCUT2D eigenvalue weighted by atomic mass is 35.5. The van der Waals surface area contributed by atoms with Gasteiger partial charge in [-0.25, -0.2) is 0 Å². The van der Waals surface area contributed by atoms with E-state index in [2.05, 4.69) is 12.1 Å². The molecule has 2 aromatic carbocycles. The molecule has 15 heavy (non-hydrogen) atoms. The third-order valence-corrected chi connectivity index (χ3v) is 2.77. The molecule has 0 fully saturated rings. The summed E-state index contributed by atoms with van der Waals surface area (Å²) in [6, 6.07) is 12.0. The summed E-state index contributed by atoms with van der Waals surface area (Å²) in [5.74, 6) is 0. The van der Waals surface area contributed by atoms with Crippen molar-refractivity contribution in [2.24, 2.45) is 5.73 Å². The lowest BCUT2D eigenvalue weighted by molar-refractivity contribution is 0.559. The molecule has 2 rings (SSSR count). The SMILES string of the molecule is CC(C)(N)c1cccc2cc(Cl)ccc12. The Hall–Kier alpha value is -1.05. The molecule has 0 heterocycles. The zero-order valence-electron chi connectivity index (χ0n) is 8.92. The lowest BCUT2D eigenvalue weighted by Crippen LogP contribution is -2.28. The van der Waals surface area contributed by atoms with Crippen LogP contribution in [0.3, 0.4) is 0 Å². The third-order valence-electron chi connectivity index (χ3n) is 2.54. The number of rotatable bonds is 1. The van der Waals surface area contributed by atoms with Crippen molar-refractivity contribution in [3.63, 3.8) is 0 Å². The van der Waals surface area contributed by atoms with Gasteiger partial charge in [0.15, 0.2) is 0 Å². The van der Waals surface area contributed by atoms with Crippen LogP contribution >= 0.6 is 11.6 Å². The Morgan fingerprint density at radius 2 is 1.87 bits per heavy atom. The molecule has 78 valence electrons. The molecule has 0 amide bonds. The van der Waals surface area contributed by atoms with E-state index < -0.39 is 0 Å². The van der Waals surface area contributed by atoms with E-state index in [0.717, 1.165) is 16.0 Å². The summed E-state index contributed by atoms with van der Waals surface area (Å²) >= 11 is 5.95. The summed E-state index contributed by atoms with van der Waals surface area (Å²) in [5.41, 5.74) is 6.95. The minimum Gasteiger partial charge on any atom is -0.322 e. The Kier molecular flexibility index (Phi) is 2.45. The highest BCUT2D eigenvalue weighted by Gasteiger charge is 2.16. The van der Waals surface area contributed by atoms with E-state index in [1.54, 1.807) is 0 Å². The molecule has 2 heteroatoms. The van der Waals surface area contributed by atoms with Gasteiger partial charge in [0.05, 0.1) is 0 Å². The van der Waals surface area contributed by atoms with Crippen molar-refractivity contribution in [2.75, 3.05) is 0 Å². The van der Waals surface area contributed by atoms with Gasteiger partial charge in [-0.05, 0) is 42.3 Å². The molecule has 0 aliphatic heterocycles. The van der Waals surface area contributed by atoms with Gasteiger partial charge in [0.1, 0.15) is 0 Å².